The second kappa shape index (κ2) is 3.93. The predicted octanol–water partition coefficient (Wildman–Crippen LogP) is 2.71. The zero-order valence-corrected chi connectivity index (χ0v) is 9.54. The Labute approximate surface area is 98.1 Å². The van der Waals surface area contributed by atoms with Crippen LogP contribution in [-0.4, -0.2) is 14.6 Å². The maximum atomic E-state index is 10.6. The van der Waals surface area contributed by atoms with Gasteiger partial charge in [-0.25, -0.2) is 0 Å². The van der Waals surface area contributed by atoms with E-state index in [2.05, 4.69) is 0 Å². The zero-order valence-electron chi connectivity index (χ0n) is 9.54. The number of nitrogens with zero attached hydrogens (tertiary/aromatic N) is 2. The molecule has 0 aliphatic carbocycles. The number of nitro benzene ring substituents is 1. The lowest BCUT2D eigenvalue weighted by atomic mass is 10.2. The number of rotatable bonds is 2. The van der Waals surface area contributed by atoms with Crippen molar-refractivity contribution in [1.82, 2.24) is 4.57 Å². The van der Waals surface area contributed by atoms with Gasteiger partial charge in [0.1, 0.15) is 5.75 Å². The van der Waals surface area contributed by atoms with E-state index in [0.29, 0.717) is 5.69 Å². The van der Waals surface area contributed by atoms with Crippen LogP contribution in [0.5, 0.6) is 5.75 Å². The molecule has 0 amide bonds. The van der Waals surface area contributed by atoms with Gasteiger partial charge in [0.15, 0.2) is 0 Å². The topological polar surface area (TPSA) is 68.3 Å². The number of aromatic hydroxyl groups is 1. The fraction of sp³-hybridized carbons (Fsp3) is 0.167. The summed E-state index contributed by atoms with van der Waals surface area (Å²) in [4.78, 5) is 10.0. The SMILES string of the molecule is Cc1ccc(C)n1-c1ccc([N+](=O)[O-])cc1O. The number of phenolic OH excluding ortho intramolecular Hbond substituents is 1. The quantitative estimate of drug-likeness (QED) is 0.639. The van der Waals surface area contributed by atoms with Crippen LogP contribution in [0.15, 0.2) is 30.3 Å². The molecule has 0 saturated carbocycles. The summed E-state index contributed by atoms with van der Waals surface area (Å²) < 4.78 is 1.85. The monoisotopic (exact) mass is 232 g/mol. The highest BCUT2D eigenvalue weighted by Gasteiger charge is 2.13. The number of hydrogen-bond donors (Lipinski definition) is 1. The Kier molecular flexibility index (Phi) is 2.59. The average molecular weight is 232 g/mol. The van der Waals surface area contributed by atoms with Gasteiger partial charge in [0.2, 0.25) is 0 Å². The van der Waals surface area contributed by atoms with Crippen molar-refractivity contribution < 1.29 is 10.0 Å². The maximum absolute atomic E-state index is 10.6. The van der Waals surface area contributed by atoms with E-state index >= 15 is 0 Å². The summed E-state index contributed by atoms with van der Waals surface area (Å²) in [5, 5.41) is 20.4. The summed E-state index contributed by atoms with van der Waals surface area (Å²) in [6.45, 7) is 3.82. The third-order valence-electron chi connectivity index (χ3n) is 2.68. The number of nitro groups is 1. The average Bonchev–Trinajstić information content (AvgIpc) is 2.59. The first-order chi connectivity index (χ1) is 8.00. The molecule has 0 radical (unpaired) electrons. The standard InChI is InChI=1S/C12H12N2O3/c1-8-3-4-9(2)13(8)11-6-5-10(14(16)17)7-12(11)15/h3-7,15H,1-2H3. The third kappa shape index (κ3) is 1.87. The molecular weight excluding hydrogens is 220 g/mol. The molecule has 1 aromatic heterocycles. The summed E-state index contributed by atoms with van der Waals surface area (Å²) in [5.74, 6) is -0.0957. The van der Waals surface area contributed by atoms with Crippen LogP contribution in [0.2, 0.25) is 0 Å². The molecule has 0 bridgehead atoms. The molecule has 0 atom stereocenters. The molecule has 1 heterocycles. The van der Waals surface area contributed by atoms with E-state index in [0.717, 1.165) is 17.5 Å². The van der Waals surface area contributed by atoms with E-state index in [1.807, 2.05) is 30.5 Å². The molecule has 5 heteroatoms. The number of aromatic nitrogens is 1. The van der Waals surface area contributed by atoms with Gasteiger partial charge in [0, 0.05) is 17.5 Å². The van der Waals surface area contributed by atoms with E-state index < -0.39 is 4.92 Å². The van der Waals surface area contributed by atoms with Crippen molar-refractivity contribution in [2.45, 2.75) is 13.8 Å². The number of non-ortho nitro benzene ring substituents is 1. The minimum atomic E-state index is -0.529. The highest BCUT2D eigenvalue weighted by molar-refractivity contribution is 5.54. The number of hydrogen-bond acceptors (Lipinski definition) is 3. The lowest BCUT2D eigenvalue weighted by Crippen LogP contribution is -1.99. The summed E-state index contributed by atoms with van der Waals surface area (Å²) in [5.41, 5.74) is 2.36. The Morgan fingerprint density at radius 3 is 2.24 bits per heavy atom. The van der Waals surface area contributed by atoms with Gasteiger partial charge in [-0.3, -0.25) is 10.1 Å². The minimum Gasteiger partial charge on any atom is -0.505 e. The highest BCUT2D eigenvalue weighted by atomic mass is 16.6. The summed E-state index contributed by atoms with van der Waals surface area (Å²) in [6, 6.07) is 7.95. The van der Waals surface area contributed by atoms with Crippen molar-refractivity contribution in [3.63, 3.8) is 0 Å². The van der Waals surface area contributed by atoms with Gasteiger partial charge in [0.05, 0.1) is 16.7 Å². The van der Waals surface area contributed by atoms with E-state index in [-0.39, 0.29) is 11.4 Å². The molecule has 2 aromatic rings. The molecular formula is C12H12N2O3. The van der Waals surface area contributed by atoms with Crippen LogP contribution < -0.4 is 0 Å². The Hall–Kier alpha value is -2.30. The normalized spacial score (nSPS) is 10.5. The summed E-state index contributed by atoms with van der Waals surface area (Å²) in [6.07, 6.45) is 0. The molecule has 0 unspecified atom stereocenters. The minimum absolute atomic E-state index is 0.0957. The number of phenols is 1. The van der Waals surface area contributed by atoms with Gasteiger partial charge in [-0.1, -0.05) is 0 Å². The van der Waals surface area contributed by atoms with Gasteiger partial charge in [-0.15, -0.1) is 0 Å². The first-order valence-corrected chi connectivity index (χ1v) is 5.13. The van der Waals surface area contributed by atoms with Gasteiger partial charge in [0.25, 0.3) is 5.69 Å². The van der Waals surface area contributed by atoms with Crippen LogP contribution in [0.3, 0.4) is 0 Å². The smallest absolute Gasteiger partial charge is 0.273 e. The highest BCUT2D eigenvalue weighted by Crippen LogP contribution is 2.28. The Balaban J connectivity index is 2.58. The molecule has 0 aliphatic heterocycles. The Morgan fingerprint density at radius 1 is 1.18 bits per heavy atom. The molecule has 0 spiro atoms. The van der Waals surface area contributed by atoms with Crippen molar-refractivity contribution in [2.75, 3.05) is 0 Å². The first-order valence-electron chi connectivity index (χ1n) is 5.13. The van der Waals surface area contributed by atoms with Crippen molar-refractivity contribution in [3.8, 4) is 11.4 Å². The lowest BCUT2D eigenvalue weighted by molar-refractivity contribution is -0.384. The largest absolute Gasteiger partial charge is 0.505 e. The molecule has 5 nitrogen and oxygen atoms in total. The zero-order chi connectivity index (χ0) is 12.6. The van der Waals surface area contributed by atoms with Crippen LogP contribution >= 0.6 is 0 Å². The Bertz CT molecular complexity index is 568. The van der Waals surface area contributed by atoms with E-state index in [1.54, 1.807) is 6.07 Å². The van der Waals surface area contributed by atoms with Crippen molar-refractivity contribution >= 4 is 5.69 Å². The molecule has 17 heavy (non-hydrogen) atoms. The fourth-order valence-corrected chi connectivity index (χ4v) is 1.86. The van der Waals surface area contributed by atoms with Crippen LogP contribution in [0.1, 0.15) is 11.4 Å². The summed E-state index contributed by atoms with van der Waals surface area (Å²) >= 11 is 0. The molecule has 0 saturated heterocycles. The molecule has 1 N–H and O–H groups in total. The second-order valence-corrected chi connectivity index (χ2v) is 3.88. The first kappa shape index (κ1) is 11.2. The molecule has 1 aromatic carbocycles. The van der Waals surface area contributed by atoms with Crippen LogP contribution in [0.25, 0.3) is 5.69 Å². The molecule has 2 rings (SSSR count). The van der Waals surface area contributed by atoms with Gasteiger partial charge in [-0.2, -0.15) is 0 Å². The van der Waals surface area contributed by atoms with Crippen LogP contribution in [0.4, 0.5) is 5.69 Å². The van der Waals surface area contributed by atoms with Crippen molar-refractivity contribution in [1.29, 1.82) is 0 Å². The number of aryl methyl sites for hydroxylation is 2. The van der Waals surface area contributed by atoms with Crippen molar-refractivity contribution in [3.05, 3.63) is 51.8 Å². The van der Waals surface area contributed by atoms with E-state index in [1.165, 1.54) is 6.07 Å². The molecule has 0 fully saturated rings. The van der Waals surface area contributed by atoms with Crippen LogP contribution in [0, 0.1) is 24.0 Å². The van der Waals surface area contributed by atoms with Crippen LogP contribution in [-0.2, 0) is 0 Å². The van der Waals surface area contributed by atoms with E-state index in [4.69, 9.17) is 0 Å². The fourth-order valence-electron chi connectivity index (χ4n) is 1.86. The summed E-state index contributed by atoms with van der Waals surface area (Å²) in [7, 11) is 0. The van der Waals surface area contributed by atoms with Gasteiger partial charge < -0.3 is 9.67 Å². The van der Waals surface area contributed by atoms with Gasteiger partial charge >= 0.3 is 0 Å². The number of benzene rings is 1. The third-order valence-corrected chi connectivity index (χ3v) is 2.68. The second-order valence-electron chi connectivity index (χ2n) is 3.88. The van der Waals surface area contributed by atoms with E-state index in [9.17, 15) is 15.2 Å². The lowest BCUT2D eigenvalue weighted by Gasteiger charge is -2.10. The Morgan fingerprint density at radius 2 is 1.76 bits per heavy atom. The molecule has 0 aliphatic rings. The molecule has 88 valence electrons. The van der Waals surface area contributed by atoms with Gasteiger partial charge in [-0.05, 0) is 32.0 Å². The maximum Gasteiger partial charge on any atom is 0.273 e. The van der Waals surface area contributed by atoms with Crippen molar-refractivity contribution in [2.24, 2.45) is 0 Å². The predicted molar refractivity (Wildman–Crippen MR) is 63.6 cm³/mol.